The number of aryl methyl sites for hydroxylation is 1. The number of benzene rings is 2. The first-order chi connectivity index (χ1) is 12.9. The van der Waals surface area contributed by atoms with E-state index in [0.717, 1.165) is 36.8 Å². The third-order valence-electron chi connectivity index (χ3n) is 4.67. The van der Waals surface area contributed by atoms with Crippen LogP contribution in [-0.4, -0.2) is 23.7 Å². The van der Waals surface area contributed by atoms with Gasteiger partial charge in [-0.05, 0) is 50.8 Å². The van der Waals surface area contributed by atoms with Crippen molar-refractivity contribution in [3.8, 4) is 11.5 Å². The molecular formula is C23H31NO3. The molecule has 27 heavy (non-hydrogen) atoms. The number of unbranched alkanes of at least 4 members (excludes halogenated alkanes) is 2. The number of ether oxygens (including phenoxy) is 1. The van der Waals surface area contributed by atoms with Crippen LogP contribution in [0.4, 0.5) is 0 Å². The predicted molar refractivity (Wildman–Crippen MR) is 110 cm³/mol. The zero-order chi connectivity index (χ0) is 19.8. The van der Waals surface area contributed by atoms with Crippen molar-refractivity contribution in [3.63, 3.8) is 0 Å². The Morgan fingerprint density at radius 3 is 2.56 bits per heavy atom. The van der Waals surface area contributed by atoms with Crippen LogP contribution in [0.3, 0.4) is 0 Å². The number of amides is 1. The summed E-state index contributed by atoms with van der Waals surface area (Å²) in [5.74, 6) is 0.410. The molecule has 0 saturated heterocycles. The van der Waals surface area contributed by atoms with Gasteiger partial charge in [-0.25, -0.2) is 0 Å². The second-order valence-electron chi connectivity index (χ2n) is 7.16. The first kappa shape index (κ1) is 20.8. The maximum absolute atomic E-state index is 12.7. The summed E-state index contributed by atoms with van der Waals surface area (Å²) >= 11 is 0. The molecule has 0 aromatic heterocycles. The van der Waals surface area contributed by atoms with E-state index in [0.29, 0.717) is 23.5 Å². The second kappa shape index (κ2) is 10.0. The van der Waals surface area contributed by atoms with Crippen LogP contribution in [-0.2, 0) is 6.42 Å². The van der Waals surface area contributed by atoms with Crippen molar-refractivity contribution in [2.75, 3.05) is 6.61 Å². The molecule has 2 aromatic carbocycles. The van der Waals surface area contributed by atoms with Gasteiger partial charge in [-0.1, -0.05) is 50.1 Å². The minimum absolute atomic E-state index is 0.00416. The molecule has 1 amide bonds. The standard InChI is InChI=1S/C23H31NO3/c1-5-6-10-13-27-22-16(2)14-20(21(25)18(22)4)23(26)24-17(3)15-19-11-8-7-9-12-19/h7-9,11-12,14,17,25H,5-6,10,13,15H2,1-4H3,(H,24,26)/t17-/m1/s1. The van der Waals surface area contributed by atoms with E-state index in [2.05, 4.69) is 12.2 Å². The maximum atomic E-state index is 12.7. The number of carbonyl (C=O) groups excluding carboxylic acids is 1. The average molecular weight is 370 g/mol. The molecule has 1 atom stereocenters. The summed E-state index contributed by atoms with van der Waals surface area (Å²) in [5.41, 5.74) is 2.94. The van der Waals surface area contributed by atoms with E-state index in [1.165, 1.54) is 0 Å². The van der Waals surface area contributed by atoms with E-state index in [4.69, 9.17) is 4.74 Å². The number of rotatable bonds is 9. The molecule has 0 unspecified atom stereocenters. The summed E-state index contributed by atoms with van der Waals surface area (Å²) in [4.78, 5) is 12.7. The van der Waals surface area contributed by atoms with E-state index in [1.54, 1.807) is 13.0 Å². The Bertz CT molecular complexity index is 756. The Balaban J connectivity index is 2.07. The van der Waals surface area contributed by atoms with Gasteiger partial charge in [0, 0.05) is 11.6 Å². The van der Waals surface area contributed by atoms with Crippen LogP contribution in [0.15, 0.2) is 36.4 Å². The molecule has 0 fully saturated rings. The van der Waals surface area contributed by atoms with Crippen LogP contribution in [0.2, 0.25) is 0 Å². The maximum Gasteiger partial charge on any atom is 0.255 e. The number of nitrogens with one attached hydrogen (secondary N) is 1. The van der Waals surface area contributed by atoms with Gasteiger partial charge in [0.2, 0.25) is 0 Å². The lowest BCUT2D eigenvalue weighted by molar-refractivity contribution is 0.0937. The fourth-order valence-corrected chi connectivity index (χ4v) is 3.20. The van der Waals surface area contributed by atoms with Gasteiger partial charge in [0.1, 0.15) is 11.5 Å². The lowest BCUT2D eigenvalue weighted by atomic mass is 10.0. The van der Waals surface area contributed by atoms with Crippen molar-refractivity contribution < 1.29 is 14.6 Å². The SMILES string of the molecule is CCCCCOc1c(C)cc(C(=O)N[C@H](C)Cc2ccccc2)c(O)c1C. The minimum Gasteiger partial charge on any atom is -0.507 e. The van der Waals surface area contributed by atoms with Crippen LogP contribution in [0.5, 0.6) is 11.5 Å². The van der Waals surface area contributed by atoms with Crippen LogP contribution in [0.1, 0.15) is 60.2 Å². The molecule has 2 rings (SSSR count). The Morgan fingerprint density at radius 2 is 1.89 bits per heavy atom. The first-order valence-corrected chi connectivity index (χ1v) is 9.74. The average Bonchev–Trinajstić information content (AvgIpc) is 2.64. The lowest BCUT2D eigenvalue weighted by Crippen LogP contribution is -2.34. The predicted octanol–water partition coefficient (Wildman–Crippen LogP) is 4.94. The Morgan fingerprint density at radius 1 is 1.19 bits per heavy atom. The van der Waals surface area contributed by atoms with Gasteiger partial charge in [0.05, 0.1) is 12.2 Å². The molecule has 0 heterocycles. The van der Waals surface area contributed by atoms with Crippen LogP contribution >= 0.6 is 0 Å². The molecule has 0 bridgehead atoms. The molecule has 0 aliphatic carbocycles. The summed E-state index contributed by atoms with van der Waals surface area (Å²) in [6.45, 7) is 8.43. The Labute approximate surface area is 162 Å². The van der Waals surface area contributed by atoms with Gasteiger partial charge < -0.3 is 15.2 Å². The molecular weight excluding hydrogens is 338 g/mol. The molecule has 0 aliphatic heterocycles. The number of phenolic OH excluding ortho intramolecular Hbond substituents is 1. The quantitative estimate of drug-likeness (QED) is 0.616. The largest absolute Gasteiger partial charge is 0.507 e. The van der Waals surface area contributed by atoms with E-state index >= 15 is 0 Å². The van der Waals surface area contributed by atoms with Gasteiger partial charge in [-0.3, -0.25) is 4.79 Å². The number of hydrogen-bond acceptors (Lipinski definition) is 3. The number of phenols is 1. The normalized spacial score (nSPS) is 11.9. The highest BCUT2D eigenvalue weighted by Gasteiger charge is 2.20. The topological polar surface area (TPSA) is 58.6 Å². The Kier molecular flexibility index (Phi) is 7.71. The molecule has 2 aromatic rings. The highest BCUT2D eigenvalue weighted by Crippen LogP contribution is 2.34. The van der Waals surface area contributed by atoms with Crippen molar-refractivity contribution in [2.24, 2.45) is 0 Å². The zero-order valence-corrected chi connectivity index (χ0v) is 16.8. The summed E-state index contributed by atoms with van der Waals surface area (Å²) in [6, 6.07) is 11.7. The molecule has 4 heteroatoms. The van der Waals surface area contributed by atoms with Gasteiger partial charge in [-0.2, -0.15) is 0 Å². The number of hydrogen-bond donors (Lipinski definition) is 2. The molecule has 0 radical (unpaired) electrons. The molecule has 0 spiro atoms. The van der Waals surface area contributed by atoms with E-state index in [1.807, 2.05) is 44.2 Å². The molecule has 2 N–H and O–H groups in total. The zero-order valence-electron chi connectivity index (χ0n) is 16.8. The van der Waals surface area contributed by atoms with Crippen molar-refractivity contribution >= 4 is 5.91 Å². The third-order valence-corrected chi connectivity index (χ3v) is 4.67. The van der Waals surface area contributed by atoms with Crippen molar-refractivity contribution in [1.82, 2.24) is 5.32 Å². The van der Waals surface area contributed by atoms with E-state index < -0.39 is 0 Å². The lowest BCUT2D eigenvalue weighted by Gasteiger charge is -2.18. The number of carbonyl (C=O) groups is 1. The van der Waals surface area contributed by atoms with Crippen molar-refractivity contribution in [1.29, 1.82) is 0 Å². The van der Waals surface area contributed by atoms with Gasteiger partial charge >= 0.3 is 0 Å². The second-order valence-corrected chi connectivity index (χ2v) is 7.16. The molecule has 146 valence electrons. The van der Waals surface area contributed by atoms with E-state index in [-0.39, 0.29) is 17.7 Å². The molecule has 0 aliphatic rings. The minimum atomic E-state index is -0.264. The summed E-state index contributed by atoms with van der Waals surface area (Å²) in [7, 11) is 0. The van der Waals surface area contributed by atoms with Gasteiger partial charge in [0.15, 0.2) is 0 Å². The highest BCUT2D eigenvalue weighted by atomic mass is 16.5. The fourth-order valence-electron chi connectivity index (χ4n) is 3.20. The molecule has 4 nitrogen and oxygen atoms in total. The Hall–Kier alpha value is -2.49. The van der Waals surface area contributed by atoms with Crippen LogP contribution in [0.25, 0.3) is 0 Å². The fraction of sp³-hybridized carbons (Fsp3) is 0.435. The molecule has 0 saturated carbocycles. The number of aromatic hydroxyl groups is 1. The van der Waals surface area contributed by atoms with Gasteiger partial charge in [0.25, 0.3) is 5.91 Å². The smallest absolute Gasteiger partial charge is 0.255 e. The van der Waals surface area contributed by atoms with Crippen molar-refractivity contribution in [2.45, 2.75) is 59.4 Å². The first-order valence-electron chi connectivity index (χ1n) is 9.74. The van der Waals surface area contributed by atoms with Crippen molar-refractivity contribution in [3.05, 3.63) is 58.7 Å². The van der Waals surface area contributed by atoms with E-state index in [9.17, 15) is 9.90 Å². The van der Waals surface area contributed by atoms with Gasteiger partial charge in [-0.15, -0.1) is 0 Å². The summed E-state index contributed by atoms with van der Waals surface area (Å²) in [6.07, 6.45) is 3.97. The van der Waals surface area contributed by atoms with Crippen LogP contribution < -0.4 is 10.1 Å². The monoisotopic (exact) mass is 369 g/mol. The summed E-state index contributed by atoms with van der Waals surface area (Å²) in [5, 5.41) is 13.5. The summed E-state index contributed by atoms with van der Waals surface area (Å²) < 4.78 is 5.85. The van der Waals surface area contributed by atoms with Crippen LogP contribution in [0, 0.1) is 13.8 Å². The third kappa shape index (κ3) is 5.75. The highest BCUT2D eigenvalue weighted by molar-refractivity contribution is 5.98.